The molecule has 1 aliphatic rings. The molecular formula is C21H31N5O3. The van der Waals surface area contributed by atoms with Crippen LogP contribution in [0.3, 0.4) is 0 Å². The molecule has 8 heteroatoms. The van der Waals surface area contributed by atoms with Crippen molar-refractivity contribution in [3.63, 3.8) is 0 Å². The minimum Gasteiger partial charge on any atom is -0.363 e. The summed E-state index contributed by atoms with van der Waals surface area (Å²) >= 11 is 0. The van der Waals surface area contributed by atoms with E-state index in [1.807, 2.05) is 31.1 Å². The highest BCUT2D eigenvalue weighted by molar-refractivity contribution is 5.75. The fourth-order valence-electron chi connectivity index (χ4n) is 4.03. The van der Waals surface area contributed by atoms with E-state index in [0.29, 0.717) is 11.7 Å². The maximum absolute atomic E-state index is 11.8. The number of hydrogen-bond donors (Lipinski definition) is 2. The first-order valence-corrected chi connectivity index (χ1v) is 10.5. The molecular weight excluding hydrogens is 370 g/mol. The number of rotatable bonds is 9. The van der Waals surface area contributed by atoms with Gasteiger partial charge in [-0.3, -0.25) is 10.0 Å². The van der Waals surface area contributed by atoms with Gasteiger partial charge in [0.25, 0.3) is 0 Å². The topological polar surface area (TPSA) is 104 Å². The van der Waals surface area contributed by atoms with Gasteiger partial charge in [0.1, 0.15) is 5.82 Å². The summed E-state index contributed by atoms with van der Waals surface area (Å²) in [5.41, 5.74) is 2.53. The Morgan fingerprint density at radius 2 is 2.14 bits per heavy atom. The number of carbonyl (C=O) groups excluding carboxylic acids is 1. The zero-order valence-corrected chi connectivity index (χ0v) is 17.3. The average molecular weight is 402 g/mol. The summed E-state index contributed by atoms with van der Waals surface area (Å²) in [6, 6.07) is 3.73. The molecule has 1 saturated carbocycles. The third-order valence-electron chi connectivity index (χ3n) is 5.70. The van der Waals surface area contributed by atoms with Crippen LogP contribution in [0.15, 0.2) is 22.9 Å². The Bertz CT molecular complexity index is 786. The summed E-state index contributed by atoms with van der Waals surface area (Å²) in [6.45, 7) is 0. The molecule has 0 spiro atoms. The Labute approximate surface area is 171 Å². The highest BCUT2D eigenvalue weighted by Gasteiger charge is 2.23. The van der Waals surface area contributed by atoms with Crippen LogP contribution in [-0.2, 0) is 4.79 Å². The van der Waals surface area contributed by atoms with Crippen LogP contribution in [0.25, 0.3) is 11.4 Å². The van der Waals surface area contributed by atoms with Crippen molar-refractivity contribution in [1.29, 1.82) is 0 Å². The second-order valence-corrected chi connectivity index (χ2v) is 8.12. The third-order valence-corrected chi connectivity index (χ3v) is 5.70. The van der Waals surface area contributed by atoms with Gasteiger partial charge in [0, 0.05) is 38.2 Å². The van der Waals surface area contributed by atoms with E-state index in [-0.39, 0.29) is 12.3 Å². The van der Waals surface area contributed by atoms with Crippen molar-refractivity contribution in [1.82, 2.24) is 20.6 Å². The molecule has 1 unspecified atom stereocenters. The monoisotopic (exact) mass is 401 g/mol. The van der Waals surface area contributed by atoms with Gasteiger partial charge in [-0.05, 0) is 24.5 Å². The zero-order chi connectivity index (χ0) is 20.6. The molecule has 0 bridgehead atoms. The number of carbonyl (C=O) groups is 1. The lowest BCUT2D eigenvalue weighted by Gasteiger charge is -2.22. The second-order valence-electron chi connectivity index (χ2n) is 8.12. The number of hydrogen-bond acceptors (Lipinski definition) is 7. The molecule has 0 aromatic carbocycles. The average Bonchev–Trinajstić information content (AvgIpc) is 3.24. The van der Waals surface area contributed by atoms with Gasteiger partial charge in [-0.15, -0.1) is 0 Å². The number of pyridine rings is 1. The van der Waals surface area contributed by atoms with Crippen LogP contribution in [0.1, 0.15) is 69.6 Å². The minimum absolute atomic E-state index is 0.127. The molecule has 2 aromatic heterocycles. The lowest BCUT2D eigenvalue weighted by Crippen LogP contribution is -2.21. The van der Waals surface area contributed by atoms with Gasteiger partial charge >= 0.3 is 0 Å². The van der Waals surface area contributed by atoms with Crippen molar-refractivity contribution in [2.75, 3.05) is 19.0 Å². The molecule has 2 N–H and O–H groups in total. The quantitative estimate of drug-likeness (QED) is 0.484. The maximum Gasteiger partial charge on any atom is 0.244 e. The number of amides is 1. The van der Waals surface area contributed by atoms with E-state index >= 15 is 0 Å². The molecule has 3 rings (SSSR count). The Morgan fingerprint density at radius 3 is 2.86 bits per heavy atom. The van der Waals surface area contributed by atoms with Gasteiger partial charge in [0.15, 0.2) is 0 Å². The van der Waals surface area contributed by atoms with Crippen LogP contribution < -0.4 is 10.4 Å². The van der Waals surface area contributed by atoms with Crippen LogP contribution >= 0.6 is 0 Å². The van der Waals surface area contributed by atoms with Crippen molar-refractivity contribution in [2.45, 2.75) is 63.7 Å². The molecule has 29 heavy (non-hydrogen) atoms. The molecule has 0 radical (unpaired) electrons. The minimum atomic E-state index is -0.439. The van der Waals surface area contributed by atoms with Crippen molar-refractivity contribution in [2.24, 2.45) is 5.92 Å². The smallest absolute Gasteiger partial charge is 0.244 e. The van der Waals surface area contributed by atoms with Crippen LogP contribution in [0.5, 0.6) is 0 Å². The van der Waals surface area contributed by atoms with E-state index in [2.05, 4.69) is 15.1 Å². The Hall–Kier alpha value is -2.48. The predicted molar refractivity (Wildman–Crippen MR) is 110 cm³/mol. The first-order chi connectivity index (χ1) is 14.1. The summed E-state index contributed by atoms with van der Waals surface area (Å²) < 4.78 is 5.51. The van der Waals surface area contributed by atoms with Gasteiger partial charge in [-0.2, -0.15) is 4.98 Å². The number of hydroxylamine groups is 1. The SMILES string of the molecule is CN(C)c1cc(-c2noc(C(CCCC3CCCCC3)CC(=O)NO)n2)ccn1. The van der Waals surface area contributed by atoms with Crippen LogP contribution in [0.4, 0.5) is 5.82 Å². The highest BCUT2D eigenvalue weighted by Crippen LogP contribution is 2.31. The summed E-state index contributed by atoms with van der Waals surface area (Å²) in [5, 5.41) is 13.1. The maximum atomic E-state index is 11.8. The van der Waals surface area contributed by atoms with Gasteiger partial charge in [0.05, 0.1) is 0 Å². The van der Waals surface area contributed by atoms with E-state index in [1.165, 1.54) is 32.1 Å². The van der Waals surface area contributed by atoms with Gasteiger partial charge < -0.3 is 9.42 Å². The normalized spacial score (nSPS) is 15.8. The van der Waals surface area contributed by atoms with Crippen molar-refractivity contribution in [3.8, 4) is 11.4 Å². The standard InChI is InChI=1S/C21H31N5O3/c1-26(2)18-13-16(11-12-22-18)20-23-21(29-25-20)17(14-19(27)24-28)10-6-9-15-7-4-3-5-8-15/h11-13,15,17,28H,3-10,14H2,1-2H3,(H,24,27). The van der Waals surface area contributed by atoms with Gasteiger partial charge in [0.2, 0.25) is 17.6 Å². The van der Waals surface area contributed by atoms with E-state index in [4.69, 9.17) is 9.73 Å². The fourth-order valence-corrected chi connectivity index (χ4v) is 4.03. The van der Waals surface area contributed by atoms with E-state index in [0.717, 1.165) is 36.6 Å². The second kappa shape index (κ2) is 10.3. The molecule has 1 atom stereocenters. The van der Waals surface area contributed by atoms with Crippen molar-refractivity contribution in [3.05, 3.63) is 24.2 Å². The summed E-state index contributed by atoms with van der Waals surface area (Å²) in [6.07, 6.45) is 11.4. The highest BCUT2D eigenvalue weighted by atomic mass is 16.5. The van der Waals surface area contributed by atoms with Gasteiger partial charge in [-0.1, -0.05) is 50.1 Å². The van der Waals surface area contributed by atoms with Crippen LogP contribution in [-0.4, -0.2) is 40.3 Å². The molecule has 1 aliphatic carbocycles. The van der Waals surface area contributed by atoms with Crippen LogP contribution in [0, 0.1) is 5.92 Å². The van der Waals surface area contributed by atoms with Crippen molar-refractivity contribution < 1.29 is 14.5 Å². The van der Waals surface area contributed by atoms with E-state index in [1.54, 1.807) is 11.7 Å². The Morgan fingerprint density at radius 1 is 1.34 bits per heavy atom. The summed E-state index contributed by atoms with van der Waals surface area (Å²) in [4.78, 5) is 22.5. The third kappa shape index (κ3) is 6.00. The first-order valence-electron chi connectivity index (χ1n) is 10.5. The molecule has 0 aliphatic heterocycles. The number of aromatic nitrogens is 3. The largest absolute Gasteiger partial charge is 0.363 e. The molecule has 158 valence electrons. The van der Waals surface area contributed by atoms with Gasteiger partial charge in [-0.25, -0.2) is 10.5 Å². The molecule has 1 fully saturated rings. The van der Waals surface area contributed by atoms with Crippen molar-refractivity contribution >= 4 is 11.7 Å². The lowest BCUT2D eigenvalue weighted by molar-refractivity contribution is -0.129. The molecule has 2 aromatic rings. The van der Waals surface area contributed by atoms with E-state index < -0.39 is 5.91 Å². The number of nitrogens with one attached hydrogen (secondary N) is 1. The number of anilines is 1. The van der Waals surface area contributed by atoms with E-state index in [9.17, 15) is 4.79 Å². The van der Waals surface area contributed by atoms with Crippen LogP contribution in [0.2, 0.25) is 0 Å². The Balaban J connectivity index is 1.68. The molecule has 8 nitrogen and oxygen atoms in total. The first kappa shape index (κ1) is 21.2. The Kier molecular flexibility index (Phi) is 7.57. The molecule has 2 heterocycles. The fraction of sp³-hybridized carbons (Fsp3) is 0.619. The summed E-state index contributed by atoms with van der Waals surface area (Å²) in [5.74, 6) is 1.86. The summed E-state index contributed by atoms with van der Waals surface area (Å²) in [7, 11) is 3.84. The zero-order valence-electron chi connectivity index (χ0n) is 17.3. The lowest BCUT2D eigenvalue weighted by atomic mass is 9.84. The molecule has 0 saturated heterocycles. The molecule has 1 amide bonds. The number of nitrogens with zero attached hydrogens (tertiary/aromatic N) is 4. The predicted octanol–water partition coefficient (Wildman–Crippen LogP) is 3.93.